The Morgan fingerprint density at radius 3 is 2.43 bits per heavy atom. The van der Waals surface area contributed by atoms with Gasteiger partial charge in [0.2, 0.25) is 6.08 Å². The maximum Gasteiger partial charge on any atom is 0.311 e. The number of isocyanates is 1. The van der Waals surface area contributed by atoms with Crippen molar-refractivity contribution in [1.29, 1.82) is 0 Å². The van der Waals surface area contributed by atoms with E-state index in [-0.39, 0.29) is 12.5 Å². The van der Waals surface area contributed by atoms with Crippen LogP contribution >= 0.6 is 0 Å². The van der Waals surface area contributed by atoms with Gasteiger partial charge in [0.05, 0.1) is 12.0 Å². The number of rotatable bonds is 3. The molecule has 0 amide bonds. The van der Waals surface area contributed by atoms with Gasteiger partial charge in [0.25, 0.3) is 0 Å². The molecule has 0 spiro atoms. The van der Waals surface area contributed by atoms with E-state index in [4.69, 9.17) is 4.74 Å². The molecular weight excluding hydrogens is 182 g/mol. The topological polar surface area (TPSA) is 55.7 Å². The summed E-state index contributed by atoms with van der Waals surface area (Å²) in [6, 6.07) is 0. The van der Waals surface area contributed by atoms with Crippen molar-refractivity contribution in [2.45, 2.75) is 39.2 Å². The molecule has 0 aromatic rings. The van der Waals surface area contributed by atoms with Crippen molar-refractivity contribution in [3.8, 4) is 0 Å². The molecule has 0 unspecified atom stereocenters. The summed E-state index contributed by atoms with van der Waals surface area (Å²) in [6.45, 7) is 5.65. The monoisotopic (exact) mass is 197 g/mol. The fourth-order valence-corrected chi connectivity index (χ4v) is 0.958. The number of ether oxygens (including phenoxy) is 1. The molecule has 1 saturated carbocycles. The molecule has 1 fully saturated rings. The number of hydrogen-bond donors (Lipinski definition) is 0. The van der Waals surface area contributed by atoms with Crippen LogP contribution in [-0.4, -0.2) is 24.2 Å². The molecule has 0 saturated heterocycles. The van der Waals surface area contributed by atoms with Crippen LogP contribution in [0.15, 0.2) is 4.99 Å². The molecule has 78 valence electrons. The average Bonchev–Trinajstić information content (AvgIpc) is 2.80. The van der Waals surface area contributed by atoms with Crippen LogP contribution in [0.5, 0.6) is 0 Å². The molecule has 1 aliphatic rings. The number of nitrogens with zero attached hydrogens (tertiary/aromatic N) is 1. The molecule has 14 heavy (non-hydrogen) atoms. The molecule has 0 aromatic carbocycles. The van der Waals surface area contributed by atoms with Crippen molar-refractivity contribution in [3.05, 3.63) is 0 Å². The molecule has 0 bridgehead atoms. The maximum atomic E-state index is 11.5. The molecular formula is C10H15NO3. The molecule has 0 aromatic heterocycles. The van der Waals surface area contributed by atoms with Gasteiger partial charge < -0.3 is 4.74 Å². The minimum Gasteiger partial charge on any atom is -0.457 e. The van der Waals surface area contributed by atoms with Gasteiger partial charge >= 0.3 is 5.97 Å². The Morgan fingerprint density at radius 1 is 1.50 bits per heavy atom. The van der Waals surface area contributed by atoms with Crippen molar-refractivity contribution in [3.63, 3.8) is 0 Å². The largest absolute Gasteiger partial charge is 0.457 e. The molecule has 0 aliphatic heterocycles. The first kappa shape index (κ1) is 10.9. The lowest BCUT2D eigenvalue weighted by molar-refractivity contribution is -0.160. The Balaban J connectivity index is 2.52. The summed E-state index contributed by atoms with van der Waals surface area (Å²) < 4.78 is 5.30. The van der Waals surface area contributed by atoms with Crippen LogP contribution in [0.3, 0.4) is 0 Å². The summed E-state index contributed by atoms with van der Waals surface area (Å²) >= 11 is 0. The van der Waals surface area contributed by atoms with Gasteiger partial charge in [-0.1, -0.05) is 0 Å². The van der Waals surface area contributed by atoms with Crippen molar-refractivity contribution in [2.24, 2.45) is 10.4 Å². The van der Waals surface area contributed by atoms with Crippen LogP contribution in [-0.2, 0) is 14.3 Å². The number of esters is 1. The highest BCUT2D eigenvalue weighted by Crippen LogP contribution is 2.41. The summed E-state index contributed by atoms with van der Waals surface area (Å²) in [5, 5.41) is 0. The van der Waals surface area contributed by atoms with Gasteiger partial charge in [0, 0.05) is 0 Å². The zero-order valence-electron chi connectivity index (χ0n) is 8.79. The summed E-state index contributed by atoms with van der Waals surface area (Å²) in [7, 11) is 0. The fraction of sp³-hybridized carbons (Fsp3) is 0.800. The third kappa shape index (κ3) is 2.67. The maximum absolute atomic E-state index is 11.5. The second kappa shape index (κ2) is 3.54. The lowest BCUT2D eigenvalue weighted by Crippen LogP contribution is -2.31. The summed E-state index contributed by atoms with van der Waals surface area (Å²) in [4.78, 5) is 24.9. The van der Waals surface area contributed by atoms with Crippen LogP contribution in [0.4, 0.5) is 0 Å². The molecule has 1 aliphatic carbocycles. The predicted octanol–water partition coefficient (Wildman–Crippen LogP) is 1.44. The lowest BCUT2D eigenvalue weighted by Gasteiger charge is -2.21. The zero-order valence-corrected chi connectivity index (χ0v) is 8.79. The van der Waals surface area contributed by atoms with E-state index in [0.29, 0.717) is 0 Å². The average molecular weight is 197 g/mol. The Kier molecular flexibility index (Phi) is 2.76. The van der Waals surface area contributed by atoms with E-state index in [1.165, 1.54) is 6.08 Å². The first-order valence-electron chi connectivity index (χ1n) is 4.67. The highest BCUT2D eigenvalue weighted by Gasteiger charge is 2.48. The third-order valence-corrected chi connectivity index (χ3v) is 2.16. The minimum atomic E-state index is -0.500. The zero-order chi connectivity index (χ0) is 10.8. The Morgan fingerprint density at radius 2 is 2.07 bits per heavy atom. The highest BCUT2D eigenvalue weighted by atomic mass is 16.6. The molecule has 4 heteroatoms. The van der Waals surface area contributed by atoms with Crippen molar-refractivity contribution < 1.29 is 14.3 Å². The van der Waals surface area contributed by atoms with Crippen molar-refractivity contribution >= 4 is 12.0 Å². The molecule has 0 radical (unpaired) electrons. The third-order valence-electron chi connectivity index (χ3n) is 2.16. The van der Waals surface area contributed by atoms with E-state index in [1.54, 1.807) is 20.8 Å². The Labute approximate surface area is 83.3 Å². The fourth-order valence-electron chi connectivity index (χ4n) is 0.958. The number of hydrogen-bond acceptors (Lipinski definition) is 4. The highest BCUT2D eigenvalue weighted by molar-refractivity contribution is 5.76. The molecule has 0 N–H and O–H groups in total. The lowest BCUT2D eigenvalue weighted by atomic mass is 9.97. The van der Waals surface area contributed by atoms with Crippen LogP contribution in [0.25, 0.3) is 0 Å². The first-order valence-corrected chi connectivity index (χ1v) is 4.67. The van der Waals surface area contributed by atoms with E-state index < -0.39 is 11.0 Å². The van der Waals surface area contributed by atoms with Gasteiger partial charge in [-0.25, -0.2) is 9.79 Å². The second-order valence-electron chi connectivity index (χ2n) is 4.73. The van der Waals surface area contributed by atoms with Crippen molar-refractivity contribution in [1.82, 2.24) is 0 Å². The summed E-state index contributed by atoms with van der Waals surface area (Å²) in [6.07, 6.45) is 3.04. The Bertz CT molecular complexity index is 280. The SMILES string of the molecule is CC(C)(C)C(=O)OC1(CN=C=O)CC1. The van der Waals surface area contributed by atoms with Gasteiger partial charge in [-0.3, -0.25) is 4.79 Å². The van der Waals surface area contributed by atoms with Crippen molar-refractivity contribution in [2.75, 3.05) is 6.54 Å². The van der Waals surface area contributed by atoms with Gasteiger partial charge in [-0.05, 0) is 33.6 Å². The molecule has 0 heterocycles. The summed E-state index contributed by atoms with van der Waals surface area (Å²) in [5.74, 6) is -0.240. The normalized spacial score (nSPS) is 18.2. The summed E-state index contributed by atoms with van der Waals surface area (Å²) in [5.41, 5.74) is -0.998. The predicted molar refractivity (Wildman–Crippen MR) is 50.5 cm³/mol. The van der Waals surface area contributed by atoms with Gasteiger partial charge in [0.1, 0.15) is 5.60 Å². The van der Waals surface area contributed by atoms with Crippen LogP contribution in [0, 0.1) is 5.41 Å². The number of carbonyl (C=O) groups is 1. The number of aliphatic imine (C=N–C) groups is 1. The van der Waals surface area contributed by atoms with Crippen LogP contribution < -0.4 is 0 Å². The van der Waals surface area contributed by atoms with E-state index in [2.05, 4.69) is 4.99 Å². The molecule has 0 atom stereocenters. The van der Waals surface area contributed by atoms with E-state index in [0.717, 1.165) is 12.8 Å². The smallest absolute Gasteiger partial charge is 0.311 e. The van der Waals surface area contributed by atoms with E-state index in [1.807, 2.05) is 0 Å². The van der Waals surface area contributed by atoms with Crippen LogP contribution in [0.1, 0.15) is 33.6 Å². The second-order valence-corrected chi connectivity index (χ2v) is 4.73. The standard InChI is InChI=1S/C10H15NO3/c1-9(2,3)8(13)14-10(4-5-10)6-11-7-12/h4-6H2,1-3H3. The van der Waals surface area contributed by atoms with Gasteiger partial charge in [0.15, 0.2) is 0 Å². The molecule has 1 rings (SSSR count). The van der Waals surface area contributed by atoms with E-state index >= 15 is 0 Å². The van der Waals surface area contributed by atoms with Gasteiger partial charge in [-0.2, -0.15) is 0 Å². The van der Waals surface area contributed by atoms with Crippen LogP contribution in [0.2, 0.25) is 0 Å². The number of carbonyl (C=O) groups excluding carboxylic acids is 2. The quantitative estimate of drug-likeness (QED) is 0.391. The first-order chi connectivity index (χ1) is 6.40. The van der Waals surface area contributed by atoms with Gasteiger partial charge in [-0.15, -0.1) is 0 Å². The molecule has 4 nitrogen and oxygen atoms in total. The van der Waals surface area contributed by atoms with E-state index in [9.17, 15) is 9.59 Å². The minimum absolute atomic E-state index is 0.240. The Hall–Kier alpha value is -1.15.